The molecule has 0 N–H and O–H groups in total. The SMILES string of the molecule is CC1(C)OC1COc1cccc([N+](=O)[O-])c1. The zero-order chi connectivity index (χ0) is 11.8. The number of hydrogen-bond donors (Lipinski definition) is 0. The van der Waals surface area contributed by atoms with Gasteiger partial charge in [-0.15, -0.1) is 0 Å². The van der Waals surface area contributed by atoms with Gasteiger partial charge in [-0.05, 0) is 19.9 Å². The van der Waals surface area contributed by atoms with Crippen molar-refractivity contribution in [3.8, 4) is 5.75 Å². The molecule has 86 valence electrons. The van der Waals surface area contributed by atoms with Gasteiger partial charge < -0.3 is 9.47 Å². The van der Waals surface area contributed by atoms with Gasteiger partial charge in [0.15, 0.2) is 0 Å². The standard InChI is InChI=1S/C11H13NO4/c1-11(2)10(16-11)7-15-9-5-3-4-8(6-9)12(13)14/h3-6,10H,7H2,1-2H3. The van der Waals surface area contributed by atoms with Crippen LogP contribution in [0.1, 0.15) is 13.8 Å². The second kappa shape index (κ2) is 3.75. The van der Waals surface area contributed by atoms with Gasteiger partial charge in [0.1, 0.15) is 18.5 Å². The fourth-order valence-electron chi connectivity index (χ4n) is 1.43. The normalized spacial score (nSPS) is 21.5. The Morgan fingerprint density at radius 2 is 2.25 bits per heavy atom. The average Bonchev–Trinajstić information content (AvgIpc) is 2.84. The highest BCUT2D eigenvalue weighted by molar-refractivity contribution is 5.37. The van der Waals surface area contributed by atoms with Gasteiger partial charge in [-0.1, -0.05) is 6.07 Å². The molecule has 1 aromatic rings. The van der Waals surface area contributed by atoms with Crippen molar-refractivity contribution in [2.45, 2.75) is 25.6 Å². The second-order valence-corrected chi connectivity index (χ2v) is 4.28. The molecule has 5 heteroatoms. The van der Waals surface area contributed by atoms with Gasteiger partial charge in [0.05, 0.1) is 16.6 Å². The van der Waals surface area contributed by atoms with E-state index in [1.165, 1.54) is 12.1 Å². The summed E-state index contributed by atoms with van der Waals surface area (Å²) in [7, 11) is 0. The number of ether oxygens (including phenoxy) is 2. The Bertz CT molecular complexity index is 416. The van der Waals surface area contributed by atoms with Crippen LogP contribution in [0.3, 0.4) is 0 Å². The molecule has 1 saturated heterocycles. The van der Waals surface area contributed by atoms with Crippen LogP contribution >= 0.6 is 0 Å². The molecule has 1 fully saturated rings. The second-order valence-electron chi connectivity index (χ2n) is 4.28. The van der Waals surface area contributed by atoms with Gasteiger partial charge in [0.25, 0.3) is 5.69 Å². The van der Waals surface area contributed by atoms with Crippen LogP contribution < -0.4 is 4.74 Å². The molecule has 0 amide bonds. The van der Waals surface area contributed by atoms with Crippen molar-refractivity contribution in [2.75, 3.05) is 6.61 Å². The van der Waals surface area contributed by atoms with Crippen molar-refractivity contribution in [1.29, 1.82) is 0 Å². The van der Waals surface area contributed by atoms with E-state index >= 15 is 0 Å². The molecule has 1 heterocycles. The minimum atomic E-state index is -0.440. The molecule has 1 aromatic carbocycles. The van der Waals surface area contributed by atoms with E-state index in [2.05, 4.69) is 0 Å². The maximum Gasteiger partial charge on any atom is 0.273 e. The largest absolute Gasteiger partial charge is 0.491 e. The Morgan fingerprint density at radius 3 is 2.81 bits per heavy atom. The number of epoxide rings is 1. The number of nitro benzene ring substituents is 1. The van der Waals surface area contributed by atoms with Crippen molar-refractivity contribution in [3.63, 3.8) is 0 Å². The summed E-state index contributed by atoms with van der Waals surface area (Å²) in [4.78, 5) is 10.1. The number of nitro groups is 1. The third-order valence-corrected chi connectivity index (χ3v) is 2.59. The first kappa shape index (κ1) is 10.9. The van der Waals surface area contributed by atoms with E-state index in [1.807, 2.05) is 13.8 Å². The Hall–Kier alpha value is -1.62. The van der Waals surface area contributed by atoms with Crippen LogP contribution in [0.2, 0.25) is 0 Å². The summed E-state index contributed by atoms with van der Waals surface area (Å²) >= 11 is 0. The number of benzene rings is 1. The van der Waals surface area contributed by atoms with Gasteiger partial charge in [-0.25, -0.2) is 0 Å². The van der Waals surface area contributed by atoms with Crippen LogP contribution in [0, 0.1) is 10.1 Å². The Kier molecular flexibility index (Phi) is 2.55. The lowest BCUT2D eigenvalue weighted by Gasteiger charge is -2.04. The van der Waals surface area contributed by atoms with Crippen LogP contribution in [-0.2, 0) is 4.74 Å². The highest BCUT2D eigenvalue weighted by atomic mass is 16.6. The molecule has 5 nitrogen and oxygen atoms in total. The quantitative estimate of drug-likeness (QED) is 0.445. The Balaban J connectivity index is 1.95. The summed E-state index contributed by atoms with van der Waals surface area (Å²) in [6.07, 6.45) is 0.0757. The van der Waals surface area contributed by atoms with Gasteiger partial charge in [0.2, 0.25) is 0 Å². The molecule has 1 unspecified atom stereocenters. The molecule has 0 aromatic heterocycles. The molecule has 0 spiro atoms. The lowest BCUT2D eigenvalue weighted by Crippen LogP contribution is -2.12. The molecule has 0 radical (unpaired) electrons. The summed E-state index contributed by atoms with van der Waals surface area (Å²) in [6.45, 7) is 4.39. The van der Waals surface area contributed by atoms with Gasteiger partial charge in [-0.3, -0.25) is 10.1 Å². The van der Waals surface area contributed by atoms with Crippen molar-refractivity contribution >= 4 is 5.69 Å². The molecule has 1 aliphatic rings. The lowest BCUT2D eigenvalue weighted by molar-refractivity contribution is -0.384. The fraction of sp³-hybridized carbons (Fsp3) is 0.455. The Morgan fingerprint density at radius 1 is 1.56 bits per heavy atom. The van der Waals surface area contributed by atoms with E-state index in [9.17, 15) is 10.1 Å². The molecule has 0 bridgehead atoms. The van der Waals surface area contributed by atoms with Gasteiger partial charge in [-0.2, -0.15) is 0 Å². The van der Waals surface area contributed by atoms with Crippen LogP contribution in [0.5, 0.6) is 5.75 Å². The van der Waals surface area contributed by atoms with E-state index in [0.717, 1.165) is 0 Å². The third kappa shape index (κ3) is 2.30. The highest BCUT2D eigenvalue weighted by Gasteiger charge is 2.48. The van der Waals surface area contributed by atoms with Crippen molar-refractivity contribution in [2.24, 2.45) is 0 Å². The minimum Gasteiger partial charge on any atom is -0.491 e. The molecular formula is C11H13NO4. The number of hydrogen-bond acceptors (Lipinski definition) is 4. The zero-order valence-electron chi connectivity index (χ0n) is 9.17. The van der Waals surface area contributed by atoms with Crippen LogP contribution in [-0.4, -0.2) is 23.2 Å². The van der Waals surface area contributed by atoms with Crippen molar-refractivity contribution < 1.29 is 14.4 Å². The zero-order valence-corrected chi connectivity index (χ0v) is 9.17. The van der Waals surface area contributed by atoms with Crippen molar-refractivity contribution in [1.82, 2.24) is 0 Å². The molecule has 0 saturated carbocycles. The van der Waals surface area contributed by atoms with E-state index in [-0.39, 0.29) is 17.4 Å². The molecule has 16 heavy (non-hydrogen) atoms. The van der Waals surface area contributed by atoms with E-state index in [4.69, 9.17) is 9.47 Å². The molecular weight excluding hydrogens is 210 g/mol. The van der Waals surface area contributed by atoms with Gasteiger partial charge in [0, 0.05) is 6.07 Å². The first-order valence-electron chi connectivity index (χ1n) is 5.04. The molecule has 1 atom stereocenters. The maximum atomic E-state index is 10.5. The average molecular weight is 223 g/mol. The summed E-state index contributed by atoms with van der Waals surface area (Å²) in [5.74, 6) is 0.500. The lowest BCUT2D eigenvalue weighted by atomic mass is 10.1. The highest BCUT2D eigenvalue weighted by Crippen LogP contribution is 2.35. The van der Waals surface area contributed by atoms with Gasteiger partial charge >= 0.3 is 0 Å². The van der Waals surface area contributed by atoms with Crippen LogP contribution in [0.4, 0.5) is 5.69 Å². The van der Waals surface area contributed by atoms with Crippen LogP contribution in [0.25, 0.3) is 0 Å². The predicted molar refractivity (Wildman–Crippen MR) is 57.5 cm³/mol. The minimum absolute atomic E-state index is 0.0356. The Labute approximate surface area is 93.1 Å². The van der Waals surface area contributed by atoms with E-state index in [1.54, 1.807) is 12.1 Å². The molecule has 1 aliphatic heterocycles. The first-order valence-corrected chi connectivity index (χ1v) is 5.04. The molecule has 0 aliphatic carbocycles. The number of rotatable bonds is 4. The number of non-ortho nitro benzene ring substituents is 1. The number of nitrogens with zero attached hydrogens (tertiary/aromatic N) is 1. The predicted octanol–water partition coefficient (Wildman–Crippen LogP) is 2.15. The topological polar surface area (TPSA) is 64.9 Å². The summed E-state index contributed by atoms with van der Waals surface area (Å²) in [5, 5.41) is 10.5. The summed E-state index contributed by atoms with van der Waals surface area (Å²) in [6, 6.07) is 6.15. The van der Waals surface area contributed by atoms with Crippen LogP contribution in [0.15, 0.2) is 24.3 Å². The monoisotopic (exact) mass is 223 g/mol. The van der Waals surface area contributed by atoms with E-state index in [0.29, 0.717) is 12.4 Å². The molecule has 2 rings (SSSR count). The fourth-order valence-corrected chi connectivity index (χ4v) is 1.43. The van der Waals surface area contributed by atoms with Crippen molar-refractivity contribution in [3.05, 3.63) is 34.4 Å². The third-order valence-electron chi connectivity index (χ3n) is 2.59. The maximum absolute atomic E-state index is 10.5. The summed E-state index contributed by atoms with van der Waals surface area (Å²) < 4.78 is 10.8. The van der Waals surface area contributed by atoms with E-state index < -0.39 is 4.92 Å². The smallest absolute Gasteiger partial charge is 0.273 e. The summed E-state index contributed by atoms with van der Waals surface area (Å²) in [5.41, 5.74) is -0.0887. The first-order chi connectivity index (χ1) is 7.49.